The molecule has 1 aliphatic carbocycles. The Labute approximate surface area is 120 Å². The number of nitrogens with one attached hydrogen (secondary N) is 1. The predicted molar refractivity (Wildman–Crippen MR) is 77.3 cm³/mol. The number of aliphatic hydroxyl groups excluding tert-OH is 1. The molecule has 1 aromatic rings. The molecule has 0 amide bonds. The van der Waals surface area contributed by atoms with Gasteiger partial charge in [0.25, 0.3) is 0 Å². The van der Waals surface area contributed by atoms with Crippen LogP contribution in [0, 0.1) is 0 Å². The Morgan fingerprint density at radius 3 is 2.60 bits per heavy atom. The van der Waals surface area contributed by atoms with Gasteiger partial charge in [0, 0.05) is 6.04 Å². The van der Waals surface area contributed by atoms with Crippen molar-refractivity contribution in [2.24, 2.45) is 0 Å². The molecule has 1 heterocycles. The van der Waals surface area contributed by atoms with Crippen molar-refractivity contribution < 1.29 is 14.6 Å². The van der Waals surface area contributed by atoms with E-state index in [0.717, 1.165) is 17.1 Å². The van der Waals surface area contributed by atoms with E-state index < -0.39 is 5.54 Å². The molecule has 1 unspecified atom stereocenters. The first kappa shape index (κ1) is 13.7. The van der Waals surface area contributed by atoms with Crippen molar-refractivity contribution in [2.75, 3.05) is 19.8 Å². The summed E-state index contributed by atoms with van der Waals surface area (Å²) in [5.74, 6) is 1.57. The standard InChI is InChI=1S/C16H23NO3/c1-16(11-18,17-13-4-2-3-5-13)12-6-7-14-15(10-12)20-9-8-19-14/h6-7,10,13,17-18H,2-5,8-9,11H2,1H3. The lowest BCUT2D eigenvalue weighted by molar-refractivity contribution is 0.156. The Kier molecular flexibility index (Phi) is 3.85. The minimum atomic E-state index is -0.426. The fraction of sp³-hybridized carbons (Fsp3) is 0.625. The third-order valence-electron chi connectivity index (χ3n) is 4.37. The van der Waals surface area contributed by atoms with E-state index in [1.165, 1.54) is 25.7 Å². The number of benzene rings is 1. The molecule has 20 heavy (non-hydrogen) atoms. The van der Waals surface area contributed by atoms with E-state index in [0.29, 0.717) is 19.3 Å². The Bertz CT molecular complexity index is 471. The van der Waals surface area contributed by atoms with Crippen LogP contribution in [0.15, 0.2) is 18.2 Å². The summed E-state index contributed by atoms with van der Waals surface area (Å²) in [5, 5.41) is 13.5. The molecule has 0 saturated heterocycles. The Hall–Kier alpha value is -1.26. The van der Waals surface area contributed by atoms with Gasteiger partial charge < -0.3 is 19.9 Å². The lowest BCUT2D eigenvalue weighted by Crippen LogP contribution is -2.47. The summed E-state index contributed by atoms with van der Waals surface area (Å²) < 4.78 is 11.2. The summed E-state index contributed by atoms with van der Waals surface area (Å²) in [6, 6.07) is 6.45. The molecular weight excluding hydrogens is 254 g/mol. The molecule has 0 spiro atoms. The highest BCUT2D eigenvalue weighted by Crippen LogP contribution is 2.35. The van der Waals surface area contributed by atoms with Crippen molar-refractivity contribution in [1.82, 2.24) is 5.32 Å². The first-order chi connectivity index (χ1) is 9.71. The highest BCUT2D eigenvalue weighted by Gasteiger charge is 2.31. The van der Waals surface area contributed by atoms with Crippen LogP contribution in [0.1, 0.15) is 38.2 Å². The van der Waals surface area contributed by atoms with Crippen LogP contribution < -0.4 is 14.8 Å². The van der Waals surface area contributed by atoms with E-state index in [1.54, 1.807) is 0 Å². The van der Waals surface area contributed by atoms with Crippen LogP contribution in [-0.4, -0.2) is 31.0 Å². The van der Waals surface area contributed by atoms with E-state index in [-0.39, 0.29) is 6.61 Å². The maximum Gasteiger partial charge on any atom is 0.161 e. The number of aliphatic hydroxyl groups is 1. The van der Waals surface area contributed by atoms with Crippen molar-refractivity contribution in [2.45, 2.75) is 44.2 Å². The smallest absolute Gasteiger partial charge is 0.161 e. The maximum atomic E-state index is 9.87. The predicted octanol–water partition coefficient (Wildman–Crippen LogP) is 2.20. The Balaban J connectivity index is 1.83. The van der Waals surface area contributed by atoms with Gasteiger partial charge in [-0.05, 0) is 37.5 Å². The fourth-order valence-electron chi connectivity index (χ4n) is 3.13. The topological polar surface area (TPSA) is 50.7 Å². The first-order valence-corrected chi connectivity index (χ1v) is 7.50. The van der Waals surface area contributed by atoms with Crippen LogP contribution in [0.3, 0.4) is 0 Å². The Morgan fingerprint density at radius 1 is 1.20 bits per heavy atom. The van der Waals surface area contributed by atoms with Gasteiger partial charge in [-0.2, -0.15) is 0 Å². The van der Waals surface area contributed by atoms with Crippen LogP contribution in [0.25, 0.3) is 0 Å². The third kappa shape index (κ3) is 2.63. The molecule has 0 aromatic heterocycles. The van der Waals surface area contributed by atoms with Gasteiger partial charge >= 0.3 is 0 Å². The SMILES string of the molecule is CC(CO)(NC1CCCC1)c1ccc2c(c1)OCCO2. The average Bonchev–Trinajstić information content (AvgIpc) is 2.99. The zero-order valence-electron chi connectivity index (χ0n) is 12.0. The van der Waals surface area contributed by atoms with Crippen molar-refractivity contribution in [3.05, 3.63) is 23.8 Å². The van der Waals surface area contributed by atoms with Gasteiger partial charge in [-0.1, -0.05) is 18.9 Å². The normalized spacial score (nSPS) is 21.7. The molecule has 4 heteroatoms. The zero-order valence-corrected chi connectivity index (χ0v) is 12.0. The summed E-state index contributed by atoms with van der Waals surface area (Å²) in [4.78, 5) is 0. The molecule has 2 aliphatic rings. The van der Waals surface area contributed by atoms with E-state index in [1.807, 2.05) is 18.2 Å². The molecule has 110 valence electrons. The molecular formula is C16H23NO3. The molecule has 0 bridgehead atoms. The maximum absolute atomic E-state index is 9.87. The largest absolute Gasteiger partial charge is 0.486 e. The molecule has 1 saturated carbocycles. The van der Waals surface area contributed by atoms with Crippen LogP contribution in [-0.2, 0) is 5.54 Å². The summed E-state index contributed by atoms with van der Waals surface area (Å²) in [6.07, 6.45) is 4.95. The highest BCUT2D eigenvalue weighted by atomic mass is 16.6. The minimum absolute atomic E-state index is 0.0726. The summed E-state index contributed by atoms with van der Waals surface area (Å²) in [6.45, 7) is 3.31. The van der Waals surface area contributed by atoms with E-state index in [2.05, 4.69) is 12.2 Å². The molecule has 1 aromatic carbocycles. The molecule has 1 fully saturated rings. The minimum Gasteiger partial charge on any atom is -0.486 e. The summed E-state index contributed by atoms with van der Waals surface area (Å²) in [5.41, 5.74) is 0.626. The lowest BCUT2D eigenvalue weighted by atomic mass is 9.91. The number of hydrogen-bond donors (Lipinski definition) is 2. The van der Waals surface area contributed by atoms with E-state index >= 15 is 0 Å². The second-order valence-electron chi connectivity index (χ2n) is 5.97. The number of rotatable bonds is 4. The molecule has 3 rings (SSSR count). The van der Waals surface area contributed by atoms with Gasteiger partial charge in [0.05, 0.1) is 12.1 Å². The molecule has 4 nitrogen and oxygen atoms in total. The zero-order chi connectivity index (χ0) is 14.0. The molecule has 2 N–H and O–H groups in total. The Morgan fingerprint density at radius 2 is 1.90 bits per heavy atom. The summed E-state index contributed by atoms with van der Waals surface area (Å²) in [7, 11) is 0. The summed E-state index contributed by atoms with van der Waals surface area (Å²) >= 11 is 0. The highest BCUT2D eigenvalue weighted by molar-refractivity contribution is 5.45. The second kappa shape index (κ2) is 5.62. The van der Waals surface area contributed by atoms with Gasteiger partial charge in [0.2, 0.25) is 0 Å². The van der Waals surface area contributed by atoms with Gasteiger partial charge in [0.1, 0.15) is 13.2 Å². The van der Waals surface area contributed by atoms with E-state index in [4.69, 9.17) is 9.47 Å². The van der Waals surface area contributed by atoms with Crippen molar-refractivity contribution >= 4 is 0 Å². The first-order valence-electron chi connectivity index (χ1n) is 7.50. The van der Waals surface area contributed by atoms with Crippen molar-refractivity contribution in [3.63, 3.8) is 0 Å². The monoisotopic (exact) mass is 277 g/mol. The van der Waals surface area contributed by atoms with Gasteiger partial charge in [-0.15, -0.1) is 0 Å². The fourth-order valence-corrected chi connectivity index (χ4v) is 3.13. The molecule has 1 aliphatic heterocycles. The lowest BCUT2D eigenvalue weighted by Gasteiger charge is -2.33. The second-order valence-corrected chi connectivity index (χ2v) is 5.97. The van der Waals surface area contributed by atoms with Crippen LogP contribution >= 0.6 is 0 Å². The van der Waals surface area contributed by atoms with Crippen LogP contribution in [0.2, 0.25) is 0 Å². The van der Waals surface area contributed by atoms with Gasteiger partial charge in [0.15, 0.2) is 11.5 Å². The number of ether oxygens (including phenoxy) is 2. The third-order valence-corrected chi connectivity index (χ3v) is 4.37. The average molecular weight is 277 g/mol. The number of fused-ring (bicyclic) bond motifs is 1. The molecule has 1 atom stereocenters. The van der Waals surface area contributed by atoms with Crippen molar-refractivity contribution in [1.29, 1.82) is 0 Å². The quantitative estimate of drug-likeness (QED) is 0.886. The van der Waals surface area contributed by atoms with Gasteiger partial charge in [-0.25, -0.2) is 0 Å². The van der Waals surface area contributed by atoms with E-state index in [9.17, 15) is 5.11 Å². The van der Waals surface area contributed by atoms with Crippen LogP contribution in [0.5, 0.6) is 11.5 Å². The molecule has 0 radical (unpaired) electrons. The van der Waals surface area contributed by atoms with Crippen LogP contribution in [0.4, 0.5) is 0 Å². The van der Waals surface area contributed by atoms with Crippen molar-refractivity contribution in [3.8, 4) is 11.5 Å². The number of hydrogen-bond acceptors (Lipinski definition) is 4. The van der Waals surface area contributed by atoms with Gasteiger partial charge in [-0.3, -0.25) is 0 Å².